The van der Waals surface area contributed by atoms with Crippen LogP contribution in [0.25, 0.3) is 0 Å². The number of benzene rings is 2. The smallest absolute Gasteiger partial charge is 0.325 e. The van der Waals surface area contributed by atoms with Gasteiger partial charge in [-0.3, -0.25) is 19.2 Å². The molecular weight excluding hydrogens is 398 g/mol. The quantitative estimate of drug-likeness (QED) is 0.567. The summed E-state index contributed by atoms with van der Waals surface area (Å²) in [6, 6.07) is 15.7. The minimum absolute atomic E-state index is 0.126. The Kier molecular flexibility index (Phi) is 9.22. The molecule has 0 heterocycles. The number of rotatable bonds is 10. The molecule has 164 valence electrons. The van der Waals surface area contributed by atoms with Crippen molar-refractivity contribution in [2.75, 3.05) is 31.6 Å². The number of ether oxygens (including phenoxy) is 1. The second-order valence-corrected chi connectivity index (χ2v) is 6.71. The molecule has 3 amide bonds. The second kappa shape index (κ2) is 12.1. The number of amides is 3. The van der Waals surface area contributed by atoms with Gasteiger partial charge in [0.15, 0.2) is 6.61 Å². The third-order valence-electron chi connectivity index (χ3n) is 4.45. The van der Waals surface area contributed by atoms with Gasteiger partial charge in [-0.15, -0.1) is 0 Å². The van der Waals surface area contributed by atoms with Gasteiger partial charge in [0.05, 0.1) is 6.42 Å². The fourth-order valence-corrected chi connectivity index (χ4v) is 2.83. The third-order valence-corrected chi connectivity index (χ3v) is 4.45. The Labute approximate surface area is 181 Å². The fraction of sp³-hybridized carbons (Fsp3) is 0.304. The van der Waals surface area contributed by atoms with E-state index in [1.807, 2.05) is 44.2 Å². The van der Waals surface area contributed by atoms with Gasteiger partial charge in [-0.1, -0.05) is 36.4 Å². The lowest BCUT2D eigenvalue weighted by Crippen LogP contribution is -2.33. The predicted molar refractivity (Wildman–Crippen MR) is 116 cm³/mol. The van der Waals surface area contributed by atoms with Gasteiger partial charge in [0.2, 0.25) is 5.91 Å². The molecule has 0 unspecified atom stereocenters. The topological polar surface area (TPSA) is 105 Å². The normalized spacial score (nSPS) is 10.1. The minimum Gasteiger partial charge on any atom is -0.454 e. The first-order valence-electron chi connectivity index (χ1n) is 10.1. The molecule has 8 heteroatoms. The number of nitrogens with one attached hydrogen (secondary N) is 2. The van der Waals surface area contributed by atoms with Gasteiger partial charge in [-0.25, -0.2) is 0 Å². The molecule has 2 aromatic rings. The largest absolute Gasteiger partial charge is 0.454 e. The SMILES string of the molecule is CCN(CC)C(=O)c1cccc(NC(=O)COC(=O)CNC(=O)Cc2ccccc2)c1. The number of hydrogen-bond donors (Lipinski definition) is 2. The molecule has 0 spiro atoms. The van der Waals surface area contributed by atoms with Gasteiger partial charge in [-0.05, 0) is 37.6 Å². The van der Waals surface area contributed by atoms with E-state index in [2.05, 4.69) is 10.6 Å². The number of esters is 1. The van der Waals surface area contributed by atoms with Crippen LogP contribution in [0.1, 0.15) is 29.8 Å². The molecule has 0 aliphatic heterocycles. The first-order chi connectivity index (χ1) is 14.9. The van der Waals surface area contributed by atoms with Crippen LogP contribution in [0.3, 0.4) is 0 Å². The van der Waals surface area contributed by atoms with E-state index in [1.54, 1.807) is 29.2 Å². The van der Waals surface area contributed by atoms with E-state index in [1.165, 1.54) is 0 Å². The van der Waals surface area contributed by atoms with Crippen LogP contribution >= 0.6 is 0 Å². The summed E-state index contributed by atoms with van der Waals surface area (Å²) in [7, 11) is 0. The van der Waals surface area contributed by atoms with E-state index in [0.717, 1.165) is 5.56 Å². The van der Waals surface area contributed by atoms with Crippen molar-refractivity contribution in [1.82, 2.24) is 10.2 Å². The summed E-state index contributed by atoms with van der Waals surface area (Å²) >= 11 is 0. The van der Waals surface area contributed by atoms with E-state index in [9.17, 15) is 19.2 Å². The zero-order valence-corrected chi connectivity index (χ0v) is 17.7. The van der Waals surface area contributed by atoms with E-state index < -0.39 is 18.5 Å². The summed E-state index contributed by atoms with van der Waals surface area (Å²) in [4.78, 5) is 49.8. The van der Waals surface area contributed by atoms with Crippen molar-refractivity contribution in [2.45, 2.75) is 20.3 Å². The Morgan fingerprint density at radius 2 is 1.61 bits per heavy atom. The Morgan fingerprint density at radius 1 is 0.903 bits per heavy atom. The molecule has 0 aliphatic carbocycles. The number of nitrogens with zero attached hydrogens (tertiary/aromatic N) is 1. The van der Waals surface area contributed by atoms with E-state index in [0.29, 0.717) is 24.3 Å². The number of carbonyl (C=O) groups excluding carboxylic acids is 4. The lowest BCUT2D eigenvalue weighted by Gasteiger charge is -2.19. The van der Waals surface area contributed by atoms with Crippen LogP contribution < -0.4 is 10.6 Å². The monoisotopic (exact) mass is 425 g/mol. The molecule has 0 aromatic heterocycles. The summed E-state index contributed by atoms with van der Waals surface area (Å²) in [5.41, 5.74) is 1.71. The molecule has 0 atom stereocenters. The van der Waals surface area contributed by atoms with Crippen LogP contribution in [0, 0.1) is 0 Å². The average Bonchev–Trinajstić information content (AvgIpc) is 2.78. The Morgan fingerprint density at radius 3 is 2.29 bits per heavy atom. The van der Waals surface area contributed by atoms with E-state index in [4.69, 9.17) is 4.74 Å². The molecule has 0 radical (unpaired) electrons. The summed E-state index contributed by atoms with van der Waals surface area (Å²) in [6.45, 7) is 4.14. The van der Waals surface area contributed by atoms with Crippen molar-refractivity contribution >= 4 is 29.4 Å². The molecular formula is C23H27N3O5. The second-order valence-electron chi connectivity index (χ2n) is 6.71. The maximum Gasteiger partial charge on any atom is 0.325 e. The van der Waals surface area contributed by atoms with Crippen LogP contribution in [-0.2, 0) is 25.5 Å². The summed E-state index contributed by atoms with van der Waals surface area (Å²) in [6.07, 6.45) is 0.150. The standard InChI is InChI=1S/C23H27N3O5/c1-3-26(4-2)23(30)18-11-8-12-19(14-18)25-21(28)16-31-22(29)15-24-20(27)13-17-9-6-5-7-10-17/h5-12,14H,3-4,13,15-16H2,1-2H3,(H,24,27)(H,25,28). The Balaban J connectivity index is 1.76. The molecule has 0 fully saturated rings. The van der Waals surface area contributed by atoms with Crippen molar-refractivity contribution in [2.24, 2.45) is 0 Å². The van der Waals surface area contributed by atoms with Gasteiger partial charge >= 0.3 is 5.97 Å². The highest BCUT2D eigenvalue weighted by Crippen LogP contribution is 2.13. The molecule has 8 nitrogen and oxygen atoms in total. The van der Waals surface area contributed by atoms with Crippen molar-refractivity contribution < 1.29 is 23.9 Å². The first-order valence-corrected chi connectivity index (χ1v) is 10.1. The highest BCUT2D eigenvalue weighted by Gasteiger charge is 2.14. The van der Waals surface area contributed by atoms with E-state index >= 15 is 0 Å². The van der Waals surface area contributed by atoms with Crippen LogP contribution in [0.4, 0.5) is 5.69 Å². The number of anilines is 1. The van der Waals surface area contributed by atoms with Crippen molar-refractivity contribution in [3.63, 3.8) is 0 Å². The molecule has 0 saturated heterocycles. The van der Waals surface area contributed by atoms with Gasteiger partial charge in [-0.2, -0.15) is 0 Å². The molecule has 2 N–H and O–H groups in total. The molecule has 0 bridgehead atoms. The molecule has 2 rings (SSSR count). The molecule has 0 saturated carbocycles. The van der Waals surface area contributed by atoms with Gasteiger partial charge in [0.25, 0.3) is 11.8 Å². The zero-order chi connectivity index (χ0) is 22.6. The number of carbonyl (C=O) groups is 4. The van der Waals surface area contributed by atoms with Crippen LogP contribution in [0.5, 0.6) is 0 Å². The fourth-order valence-electron chi connectivity index (χ4n) is 2.83. The molecule has 2 aromatic carbocycles. The predicted octanol–water partition coefficient (Wildman–Crippen LogP) is 2.01. The van der Waals surface area contributed by atoms with Crippen LogP contribution in [-0.4, -0.2) is 54.8 Å². The average molecular weight is 425 g/mol. The Hall–Kier alpha value is -3.68. The van der Waals surface area contributed by atoms with Crippen molar-refractivity contribution in [1.29, 1.82) is 0 Å². The number of hydrogen-bond acceptors (Lipinski definition) is 5. The summed E-state index contributed by atoms with van der Waals surface area (Å²) in [5, 5.41) is 5.05. The van der Waals surface area contributed by atoms with Gasteiger partial charge in [0, 0.05) is 24.3 Å². The van der Waals surface area contributed by atoms with Crippen molar-refractivity contribution in [3.8, 4) is 0 Å². The third kappa shape index (κ3) is 7.93. The minimum atomic E-state index is -0.720. The molecule has 31 heavy (non-hydrogen) atoms. The lowest BCUT2D eigenvalue weighted by molar-refractivity contribution is -0.147. The highest BCUT2D eigenvalue weighted by atomic mass is 16.5. The summed E-state index contributed by atoms with van der Waals surface area (Å²) < 4.78 is 4.89. The maximum atomic E-state index is 12.4. The molecule has 0 aliphatic rings. The summed E-state index contributed by atoms with van der Waals surface area (Å²) in [5.74, 6) is -1.71. The Bertz CT molecular complexity index is 910. The lowest BCUT2D eigenvalue weighted by atomic mass is 10.1. The van der Waals surface area contributed by atoms with E-state index in [-0.39, 0.29) is 24.8 Å². The van der Waals surface area contributed by atoms with Crippen LogP contribution in [0.2, 0.25) is 0 Å². The first kappa shape index (κ1) is 23.6. The van der Waals surface area contributed by atoms with Crippen molar-refractivity contribution in [3.05, 3.63) is 65.7 Å². The highest BCUT2D eigenvalue weighted by molar-refractivity contribution is 5.97. The zero-order valence-electron chi connectivity index (χ0n) is 17.7. The maximum absolute atomic E-state index is 12.4. The van der Waals surface area contributed by atoms with Gasteiger partial charge in [0.1, 0.15) is 6.54 Å². The van der Waals surface area contributed by atoms with Gasteiger partial charge < -0.3 is 20.3 Å². The van der Waals surface area contributed by atoms with Crippen LogP contribution in [0.15, 0.2) is 54.6 Å².